The molecule has 23 heteroatoms. The highest BCUT2D eigenvalue weighted by Gasteiger charge is 2.92. The van der Waals surface area contributed by atoms with E-state index in [0.29, 0.717) is 0 Å². The van der Waals surface area contributed by atoms with Gasteiger partial charge in [0, 0.05) is 0 Å². The molecule has 5 unspecified atom stereocenters. The summed E-state index contributed by atoms with van der Waals surface area (Å²) in [4.78, 5) is 8.89. The fourth-order valence-electron chi connectivity index (χ4n) is 2.01. The van der Waals surface area contributed by atoms with Crippen LogP contribution in [0.15, 0.2) is 0 Å². The van der Waals surface area contributed by atoms with Crippen LogP contribution in [0.3, 0.4) is 0 Å². The van der Waals surface area contributed by atoms with Crippen molar-refractivity contribution >= 4 is 7.82 Å². The van der Waals surface area contributed by atoms with Crippen LogP contribution in [-0.4, -0.2) is 84.9 Å². The molecule has 1 N–H and O–H groups in total. The maximum Gasteiger partial charge on any atom is 0.475 e. The van der Waals surface area contributed by atoms with Gasteiger partial charge in [-0.15, -0.1) is 0 Å². The molecule has 5 atom stereocenters. The third kappa shape index (κ3) is 5.51. The van der Waals surface area contributed by atoms with Crippen LogP contribution in [0.25, 0.3) is 0 Å². The van der Waals surface area contributed by atoms with E-state index in [1.807, 2.05) is 0 Å². The summed E-state index contributed by atoms with van der Waals surface area (Å²) in [6.45, 7) is -1.29. The van der Waals surface area contributed by atoms with Gasteiger partial charge in [-0.05, 0) is 0 Å². The van der Waals surface area contributed by atoms with E-state index in [9.17, 15) is 79.2 Å². The highest BCUT2D eigenvalue weighted by atomic mass is 31.2. The standard InChI is InChI=1S/C13H10F17O5P/c14-4(6(16)17)5(15)8(19,20)10(23,24)12(27,28)13(29,30)11(25,26)9(21,22)7(18)35-36(31,32)34-2-3-1-33-3/h3-7H,1-2H2,(H,31,32). The van der Waals surface area contributed by atoms with Crippen LogP contribution in [0.1, 0.15) is 0 Å². The van der Waals surface area contributed by atoms with Crippen molar-refractivity contribution in [1.29, 1.82) is 0 Å². The van der Waals surface area contributed by atoms with E-state index in [2.05, 4.69) is 13.8 Å². The van der Waals surface area contributed by atoms with E-state index in [0.717, 1.165) is 0 Å². The topological polar surface area (TPSA) is 68.3 Å². The molecular weight excluding hydrogens is 590 g/mol. The minimum Gasteiger partial charge on any atom is -0.371 e. The first-order valence-electron chi connectivity index (χ1n) is 8.47. The normalized spacial score (nSPS) is 22.8. The van der Waals surface area contributed by atoms with Crippen molar-refractivity contribution in [3.05, 3.63) is 0 Å². The van der Waals surface area contributed by atoms with Crippen LogP contribution in [0, 0.1) is 0 Å². The van der Waals surface area contributed by atoms with Crippen molar-refractivity contribution in [2.75, 3.05) is 13.2 Å². The van der Waals surface area contributed by atoms with Gasteiger partial charge in [-0.3, -0.25) is 4.52 Å². The molecule has 0 aromatic carbocycles. The molecule has 1 saturated heterocycles. The number of alkyl halides is 17. The van der Waals surface area contributed by atoms with Gasteiger partial charge in [0.05, 0.1) is 13.2 Å². The molecule has 0 saturated carbocycles. The van der Waals surface area contributed by atoms with Crippen molar-refractivity contribution in [3.8, 4) is 0 Å². The third-order valence-electron chi connectivity index (χ3n) is 4.22. The lowest BCUT2D eigenvalue weighted by Gasteiger charge is -2.42. The molecule has 0 aromatic rings. The Bertz CT molecular complexity index is 819. The van der Waals surface area contributed by atoms with Gasteiger partial charge in [-0.1, -0.05) is 0 Å². The molecular formula is C13H10F17O5P. The van der Waals surface area contributed by atoms with Crippen molar-refractivity contribution in [2.45, 2.75) is 66.8 Å². The molecule has 1 aliphatic heterocycles. The molecule has 5 nitrogen and oxygen atoms in total. The van der Waals surface area contributed by atoms with Crippen molar-refractivity contribution < 1.29 is 97.9 Å². The lowest BCUT2D eigenvalue weighted by Crippen LogP contribution is -2.73. The number of phosphoric acid groups is 1. The Morgan fingerprint density at radius 1 is 0.778 bits per heavy atom. The Hall–Kier alpha value is -1.12. The predicted molar refractivity (Wildman–Crippen MR) is 77.0 cm³/mol. The van der Waals surface area contributed by atoms with E-state index in [-0.39, 0.29) is 6.61 Å². The summed E-state index contributed by atoms with van der Waals surface area (Å²) in [6, 6.07) is 0. The summed E-state index contributed by atoms with van der Waals surface area (Å²) in [5.74, 6) is -48.9. The van der Waals surface area contributed by atoms with Crippen LogP contribution >= 0.6 is 7.82 Å². The molecule has 1 aliphatic rings. The number of phosphoric ester groups is 1. The molecule has 0 aliphatic carbocycles. The van der Waals surface area contributed by atoms with Gasteiger partial charge in [-0.2, -0.15) is 52.7 Å². The second-order valence-electron chi connectivity index (χ2n) is 6.87. The second-order valence-corrected chi connectivity index (χ2v) is 8.27. The van der Waals surface area contributed by atoms with E-state index in [4.69, 9.17) is 4.89 Å². The number of ether oxygens (including phenoxy) is 1. The Kier molecular flexibility index (Phi) is 9.03. The van der Waals surface area contributed by atoms with Crippen LogP contribution in [0.4, 0.5) is 74.6 Å². The Morgan fingerprint density at radius 3 is 1.53 bits per heavy atom. The van der Waals surface area contributed by atoms with Gasteiger partial charge < -0.3 is 9.63 Å². The molecule has 1 fully saturated rings. The average Bonchev–Trinajstić information content (AvgIpc) is 3.54. The highest BCUT2D eigenvalue weighted by molar-refractivity contribution is 7.47. The summed E-state index contributed by atoms with van der Waals surface area (Å²) in [5, 5.41) is 0. The number of hydrogen-bond acceptors (Lipinski definition) is 4. The maximum absolute atomic E-state index is 13.6. The van der Waals surface area contributed by atoms with Gasteiger partial charge >= 0.3 is 43.4 Å². The van der Waals surface area contributed by atoms with Crippen LogP contribution in [0.2, 0.25) is 0 Å². The van der Waals surface area contributed by atoms with Crippen molar-refractivity contribution in [2.24, 2.45) is 0 Å². The summed E-state index contributed by atoms with van der Waals surface area (Å²) >= 11 is 0. The summed E-state index contributed by atoms with van der Waals surface area (Å²) in [5.41, 5.74) is 0. The molecule has 216 valence electrons. The number of hydrogen-bond donors (Lipinski definition) is 1. The minimum absolute atomic E-state index is 0.201. The molecule has 0 bridgehead atoms. The van der Waals surface area contributed by atoms with Crippen molar-refractivity contribution in [1.82, 2.24) is 0 Å². The lowest BCUT2D eigenvalue weighted by molar-refractivity contribution is -0.439. The van der Waals surface area contributed by atoms with Crippen LogP contribution < -0.4 is 0 Å². The highest BCUT2D eigenvalue weighted by Crippen LogP contribution is 2.62. The number of halogens is 17. The fourth-order valence-corrected chi connectivity index (χ4v) is 2.79. The Labute approximate surface area is 187 Å². The monoisotopic (exact) mass is 600 g/mol. The Balaban J connectivity index is 3.36. The Morgan fingerprint density at radius 2 is 1.17 bits per heavy atom. The number of rotatable bonds is 14. The van der Waals surface area contributed by atoms with Gasteiger partial charge in [0.25, 0.3) is 12.8 Å². The van der Waals surface area contributed by atoms with E-state index >= 15 is 0 Å². The SMILES string of the molecule is O=P(O)(OCC1CO1)OC(F)C(F)(F)C(F)(F)C(F)(F)C(F)(F)C(F)(F)C(F)(F)C(F)C(F)C(F)F. The zero-order chi connectivity index (χ0) is 28.9. The van der Waals surface area contributed by atoms with E-state index < -0.39 is 81.2 Å². The minimum atomic E-state index is -8.56. The quantitative estimate of drug-likeness (QED) is 0.161. The van der Waals surface area contributed by atoms with Gasteiger partial charge in [0.2, 0.25) is 6.17 Å². The first kappa shape index (κ1) is 32.9. The smallest absolute Gasteiger partial charge is 0.371 e. The zero-order valence-corrected chi connectivity index (χ0v) is 17.1. The average molecular weight is 600 g/mol. The molecule has 0 spiro atoms. The maximum atomic E-state index is 13.6. The van der Waals surface area contributed by atoms with Crippen molar-refractivity contribution in [3.63, 3.8) is 0 Å². The number of epoxide rings is 1. The molecule has 0 aromatic heterocycles. The lowest BCUT2D eigenvalue weighted by atomic mass is 9.89. The first-order chi connectivity index (χ1) is 15.7. The second kappa shape index (κ2) is 9.88. The van der Waals surface area contributed by atoms with Crippen LogP contribution in [0.5, 0.6) is 0 Å². The van der Waals surface area contributed by atoms with Gasteiger partial charge in [0.15, 0.2) is 6.17 Å². The largest absolute Gasteiger partial charge is 0.475 e. The van der Waals surface area contributed by atoms with Gasteiger partial charge in [0.1, 0.15) is 6.10 Å². The third-order valence-corrected chi connectivity index (χ3v) is 5.15. The van der Waals surface area contributed by atoms with E-state index in [1.54, 1.807) is 0 Å². The molecule has 36 heavy (non-hydrogen) atoms. The fraction of sp³-hybridized carbons (Fsp3) is 1.00. The predicted octanol–water partition coefficient (Wildman–Crippen LogP) is 5.57. The summed E-state index contributed by atoms with van der Waals surface area (Å²) in [6.07, 6.45) is -22.5. The molecule has 0 amide bonds. The summed E-state index contributed by atoms with van der Waals surface area (Å²) in [7, 11) is -6.25. The van der Waals surface area contributed by atoms with Crippen LogP contribution in [-0.2, 0) is 18.3 Å². The van der Waals surface area contributed by atoms with E-state index in [1.165, 1.54) is 0 Å². The van der Waals surface area contributed by atoms with Gasteiger partial charge in [-0.25, -0.2) is 31.0 Å². The molecule has 1 heterocycles. The molecule has 1 rings (SSSR count). The molecule has 0 radical (unpaired) electrons. The summed E-state index contributed by atoms with van der Waals surface area (Å²) < 4.78 is 247. The zero-order valence-electron chi connectivity index (χ0n) is 16.3. The first-order valence-corrected chi connectivity index (χ1v) is 9.96.